The Kier molecular flexibility index (Phi) is 4.60. The van der Waals surface area contributed by atoms with Crippen LogP contribution in [0.5, 0.6) is 11.5 Å². The van der Waals surface area contributed by atoms with E-state index in [1.54, 1.807) is 49.5 Å². The van der Waals surface area contributed by atoms with Crippen LogP contribution in [-0.4, -0.2) is 21.4 Å². The van der Waals surface area contributed by atoms with E-state index in [1.165, 1.54) is 17.0 Å². The molecule has 28 heavy (non-hydrogen) atoms. The molecular weight excluding hydrogens is 444 g/mol. The number of para-hydroxylation sites is 2. The van der Waals surface area contributed by atoms with E-state index >= 15 is 0 Å². The molecule has 0 fully saturated rings. The van der Waals surface area contributed by atoms with Crippen LogP contribution >= 0.6 is 15.9 Å². The number of nitrogens with one attached hydrogen (secondary N) is 1. The molecule has 0 saturated heterocycles. The van der Waals surface area contributed by atoms with Crippen molar-refractivity contribution in [3.8, 4) is 11.5 Å². The number of ether oxygens (including phenoxy) is 1. The van der Waals surface area contributed by atoms with Gasteiger partial charge in [0.25, 0.3) is 15.9 Å². The summed E-state index contributed by atoms with van der Waals surface area (Å²) in [5, 5.41) is 0. The lowest BCUT2D eigenvalue weighted by atomic mass is 10.1. The molecule has 0 aromatic heterocycles. The SMILES string of the molecule is CN1C(=O)c2cc(NS(=O)(=O)c3ccccc3Br)ccc2Oc2ccccc21. The van der Waals surface area contributed by atoms with E-state index in [0.29, 0.717) is 21.7 Å². The van der Waals surface area contributed by atoms with Gasteiger partial charge in [-0.2, -0.15) is 0 Å². The predicted octanol–water partition coefficient (Wildman–Crippen LogP) is 4.63. The number of halogens is 1. The number of fused-ring (bicyclic) bond motifs is 2. The lowest BCUT2D eigenvalue weighted by molar-refractivity contribution is 0.0993. The fourth-order valence-electron chi connectivity index (χ4n) is 2.95. The highest BCUT2D eigenvalue weighted by Gasteiger charge is 2.26. The van der Waals surface area contributed by atoms with Crippen molar-refractivity contribution >= 4 is 43.2 Å². The van der Waals surface area contributed by atoms with E-state index < -0.39 is 10.0 Å². The van der Waals surface area contributed by atoms with Gasteiger partial charge in [-0.3, -0.25) is 9.52 Å². The summed E-state index contributed by atoms with van der Waals surface area (Å²) in [4.78, 5) is 14.5. The molecule has 0 spiro atoms. The first kappa shape index (κ1) is 18.5. The molecule has 0 unspecified atom stereocenters. The molecule has 8 heteroatoms. The van der Waals surface area contributed by atoms with E-state index in [9.17, 15) is 13.2 Å². The first-order valence-electron chi connectivity index (χ1n) is 8.33. The van der Waals surface area contributed by atoms with Crippen LogP contribution in [0.2, 0.25) is 0 Å². The summed E-state index contributed by atoms with van der Waals surface area (Å²) >= 11 is 3.25. The summed E-state index contributed by atoms with van der Waals surface area (Å²) in [5.41, 5.74) is 1.18. The second-order valence-electron chi connectivity index (χ2n) is 6.18. The smallest absolute Gasteiger partial charge is 0.263 e. The Morgan fingerprint density at radius 1 is 0.964 bits per heavy atom. The van der Waals surface area contributed by atoms with E-state index in [-0.39, 0.29) is 22.1 Å². The Hall–Kier alpha value is -2.84. The fourth-order valence-corrected chi connectivity index (χ4v) is 5.01. The second kappa shape index (κ2) is 6.96. The summed E-state index contributed by atoms with van der Waals surface area (Å²) in [6.45, 7) is 0. The first-order valence-corrected chi connectivity index (χ1v) is 10.6. The minimum atomic E-state index is -3.83. The topological polar surface area (TPSA) is 75.7 Å². The number of carbonyl (C=O) groups is 1. The molecule has 0 saturated carbocycles. The number of carbonyl (C=O) groups excluding carboxylic acids is 1. The standard InChI is InChI=1S/C20H15BrN2O4S/c1-23-16-7-3-4-8-18(16)27-17-11-10-13(12-14(17)20(23)24)22-28(25,26)19-9-5-2-6-15(19)21/h2-12,22H,1H3. The predicted molar refractivity (Wildman–Crippen MR) is 111 cm³/mol. The molecule has 4 rings (SSSR count). The van der Waals surface area contributed by atoms with Crippen molar-refractivity contribution in [2.45, 2.75) is 4.90 Å². The molecular formula is C20H15BrN2O4S. The molecule has 1 heterocycles. The zero-order valence-corrected chi connectivity index (χ0v) is 17.1. The third kappa shape index (κ3) is 3.25. The monoisotopic (exact) mass is 458 g/mol. The van der Waals surface area contributed by atoms with E-state index in [4.69, 9.17) is 4.74 Å². The van der Waals surface area contributed by atoms with Crippen molar-refractivity contribution in [1.82, 2.24) is 0 Å². The largest absolute Gasteiger partial charge is 0.454 e. The van der Waals surface area contributed by atoms with Crippen molar-refractivity contribution in [3.05, 3.63) is 76.8 Å². The van der Waals surface area contributed by atoms with Crippen LogP contribution in [0.3, 0.4) is 0 Å². The van der Waals surface area contributed by atoms with Gasteiger partial charge in [0.2, 0.25) is 0 Å². The van der Waals surface area contributed by atoms with Crippen LogP contribution < -0.4 is 14.4 Å². The Bertz CT molecular complexity index is 1190. The number of hydrogen-bond donors (Lipinski definition) is 1. The molecule has 142 valence electrons. The Balaban J connectivity index is 1.72. The lowest BCUT2D eigenvalue weighted by Gasteiger charge is -2.16. The van der Waals surface area contributed by atoms with Gasteiger partial charge >= 0.3 is 0 Å². The van der Waals surface area contributed by atoms with Gasteiger partial charge in [-0.25, -0.2) is 8.42 Å². The average molecular weight is 459 g/mol. The minimum absolute atomic E-state index is 0.108. The van der Waals surface area contributed by atoms with Crippen LogP contribution in [0.4, 0.5) is 11.4 Å². The number of nitrogens with zero attached hydrogens (tertiary/aromatic N) is 1. The number of sulfonamides is 1. The summed E-state index contributed by atoms with van der Waals surface area (Å²) in [7, 11) is -2.18. The van der Waals surface area contributed by atoms with Crippen molar-refractivity contribution in [1.29, 1.82) is 0 Å². The van der Waals surface area contributed by atoms with Gasteiger partial charge in [0.15, 0.2) is 5.75 Å². The van der Waals surface area contributed by atoms with Gasteiger partial charge in [-0.05, 0) is 58.4 Å². The van der Waals surface area contributed by atoms with Crippen molar-refractivity contribution in [3.63, 3.8) is 0 Å². The first-order chi connectivity index (χ1) is 13.4. The molecule has 1 N–H and O–H groups in total. The fraction of sp³-hybridized carbons (Fsp3) is 0.0500. The van der Waals surface area contributed by atoms with Gasteiger partial charge < -0.3 is 9.64 Å². The van der Waals surface area contributed by atoms with E-state index in [2.05, 4.69) is 20.7 Å². The average Bonchev–Trinajstić information content (AvgIpc) is 2.78. The zero-order chi connectivity index (χ0) is 19.9. The summed E-state index contributed by atoms with van der Waals surface area (Å²) in [5.74, 6) is 0.631. The minimum Gasteiger partial charge on any atom is -0.454 e. The molecule has 0 atom stereocenters. The molecule has 1 amide bonds. The maximum atomic E-state index is 12.9. The van der Waals surface area contributed by atoms with Gasteiger partial charge in [0.05, 0.1) is 11.3 Å². The summed E-state index contributed by atoms with van der Waals surface area (Å²) in [6, 6.07) is 18.3. The quantitative estimate of drug-likeness (QED) is 0.620. The highest BCUT2D eigenvalue weighted by Crippen LogP contribution is 2.39. The third-order valence-corrected chi connectivity index (χ3v) is 6.73. The summed E-state index contributed by atoms with van der Waals surface area (Å²) in [6.07, 6.45) is 0. The molecule has 0 radical (unpaired) electrons. The van der Waals surface area contributed by atoms with Gasteiger partial charge in [-0.15, -0.1) is 0 Å². The van der Waals surface area contributed by atoms with Gasteiger partial charge in [0.1, 0.15) is 10.6 Å². The van der Waals surface area contributed by atoms with Crippen molar-refractivity contribution in [2.24, 2.45) is 0 Å². The van der Waals surface area contributed by atoms with Gasteiger partial charge in [0, 0.05) is 17.2 Å². The normalized spacial score (nSPS) is 13.2. The molecule has 0 bridgehead atoms. The number of rotatable bonds is 3. The Labute approximate surface area is 170 Å². The Morgan fingerprint density at radius 2 is 1.68 bits per heavy atom. The highest BCUT2D eigenvalue weighted by molar-refractivity contribution is 9.10. The van der Waals surface area contributed by atoms with Crippen LogP contribution in [-0.2, 0) is 10.0 Å². The van der Waals surface area contributed by atoms with Crippen LogP contribution in [0.25, 0.3) is 0 Å². The molecule has 3 aromatic rings. The highest BCUT2D eigenvalue weighted by atomic mass is 79.9. The number of benzene rings is 3. The third-order valence-electron chi connectivity index (χ3n) is 4.34. The summed E-state index contributed by atoms with van der Waals surface area (Å²) < 4.78 is 34.3. The number of anilines is 2. The van der Waals surface area contributed by atoms with Crippen LogP contribution in [0.15, 0.2) is 76.1 Å². The number of amides is 1. The second-order valence-corrected chi connectivity index (χ2v) is 8.69. The maximum Gasteiger partial charge on any atom is 0.263 e. The van der Waals surface area contributed by atoms with Gasteiger partial charge in [-0.1, -0.05) is 24.3 Å². The van der Waals surface area contributed by atoms with E-state index in [0.717, 1.165) is 0 Å². The molecule has 3 aromatic carbocycles. The van der Waals surface area contributed by atoms with Crippen LogP contribution in [0.1, 0.15) is 10.4 Å². The maximum absolute atomic E-state index is 12.9. The van der Waals surface area contributed by atoms with Crippen molar-refractivity contribution in [2.75, 3.05) is 16.7 Å². The van der Waals surface area contributed by atoms with E-state index in [1.807, 2.05) is 12.1 Å². The molecule has 1 aliphatic heterocycles. The zero-order valence-electron chi connectivity index (χ0n) is 14.7. The molecule has 1 aliphatic rings. The molecule has 0 aliphatic carbocycles. The van der Waals surface area contributed by atoms with Crippen molar-refractivity contribution < 1.29 is 17.9 Å². The number of hydrogen-bond acceptors (Lipinski definition) is 4. The molecule has 6 nitrogen and oxygen atoms in total. The lowest BCUT2D eigenvalue weighted by Crippen LogP contribution is -2.25. The Morgan fingerprint density at radius 3 is 2.46 bits per heavy atom. The van der Waals surface area contributed by atoms with Crippen LogP contribution in [0, 0.1) is 0 Å².